The number of anilines is 2. The normalized spacial score (nSPS) is 12.2. The fourth-order valence-electron chi connectivity index (χ4n) is 4.56. The van der Waals surface area contributed by atoms with Gasteiger partial charge in [0.15, 0.2) is 5.75 Å². The number of aryl methyl sites for hydroxylation is 1. The fraction of sp³-hybridized carbons (Fsp3) is 0.103. The zero-order valence-corrected chi connectivity index (χ0v) is 20.7. The monoisotopic (exact) mass is 505 g/mol. The topological polar surface area (TPSA) is 109 Å². The van der Waals surface area contributed by atoms with E-state index in [4.69, 9.17) is 9.47 Å². The van der Waals surface area contributed by atoms with Crippen LogP contribution in [0.2, 0.25) is 0 Å². The number of imidazole rings is 1. The van der Waals surface area contributed by atoms with E-state index in [2.05, 4.69) is 20.3 Å². The number of ether oxygens (including phenoxy) is 2. The van der Waals surface area contributed by atoms with Gasteiger partial charge in [-0.2, -0.15) is 0 Å². The van der Waals surface area contributed by atoms with Crippen LogP contribution in [0, 0.1) is 6.92 Å². The van der Waals surface area contributed by atoms with Crippen LogP contribution in [0.15, 0.2) is 79.0 Å². The number of pyridine rings is 1. The lowest BCUT2D eigenvalue weighted by Crippen LogP contribution is -2.30. The molecule has 0 aliphatic carbocycles. The summed E-state index contributed by atoms with van der Waals surface area (Å²) in [6.07, 6.45) is 1.65. The average molecular weight is 506 g/mol. The van der Waals surface area contributed by atoms with Gasteiger partial charge in [-0.3, -0.25) is 9.59 Å². The summed E-state index contributed by atoms with van der Waals surface area (Å²) < 4.78 is 11.5. The van der Waals surface area contributed by atoms with Crippen LogP contribution in [-0.2, 0) is 6.54 Å². The largest absolute Gasteiger partial charge is 0.496 e. The summed E-state index contributed by atoms with van der Waals surface area (Å²) in [4.78, 5) is 40.6. The van der Waals surface area contributed by atoms with Gasteiger partial charge in [0, 0.05) is 17.3 Å². The molecule has 9 nitrogen and oxygen atoms in total. The van der Waals surface area contributed by atoms with Gasteiger partial charge in [-0.05, 0) is 55.5 Å². The molecule has 3 heterocycles. The molecule has 0 bridgehead atoms. The molecule has 0 radical (unpaired) electrons. The van der Waals surface area contributed by atoms with Crippen LogP contribution in [-0.4, -0.2) is 33.9 Å². The van der Waals surface area contributed by atoms with Crippen LogP contribution in [0.5, 0.6) is 17.4 Å². The molecule has 38 heavy (non-hydrogen) atoms. The van der Waals surface area contributed by atoms with Gasteiger partial charge in [-0.25, -0.2) is 9.97 Å². The van der Waals surface area contributed by atoms with E-state index in [9.17, 15) is 9.59 Å². The van der Waals surface area contributed by atoms with Crippen molar-refractivity contribution in [3.05, 3.63) is 102 Å². The van der Waals surface area contributed by atoms with Crippen molar-refractivity contribution in [1.29, 1.82) is 0 Å². The highest BCUT2D eigenvalue weighted by molar-refractivity contribution is 6.11. The Morgan fingerprint density at radius 2 is 1.92 bits per heavy atom. The Balaban J connectivity index is 1.32. The highest BCUT2D eigenvalue weighted by atomic mass is 16.5. The number of hydrogen-bond acceptors (Lipinski definition) is 6. The molecule has 0 atom stereocenters. The molecule has 6 rings (SSSR count). The maximum Gasteiger partial charge on any atom is 0.259 e. The lowest BCUT2D eigenvalue weighted by atomic mass is 10.1. The van der Waals surface area contributed by atoms with Crippen molar-refractivity contribution in [3.63, 3.8) is 0 Å². The summed E-state index contributed by atoms with van der Waals surface area (Å²) in [5.74, 6) is 1.38. The molecule has 2 amide bonds. The van der Waals surface area contributed by atoms with Crippen LogP contribution >= 0.6 is 0 Å². The molecule has 0 saturated heterocycles. The number of carbonyl (C=O) groups excluding carboxylic acids is 2. The van der Waals surface area contributed by atoms with Gasteiger partial charge in [0.25, 0.3) is 11.8 Å². The number of aromatic nitrogens is 3. The summed E-state index contributed by atoms with van der Waals surface area (Å²) in [6.45, 7) is 2.13. The zero-order valence-electron chi connectivity index (χ0n) is 20.7. The molecule has 1 aliphatic heterocycles. The lowest BCUT2D eigenvalue weighted by molar-refractivity contribution is 0.0981. The Labute approximate surface area is 218 Å². The molecule has 5 aromatic rings. The number of hydrogen-bond donors (Lipinski definition) is 2. The Kier molecular flexibility index (Phi) is 5.72. The predicted octanol–water partition coefficient (Wildman–Crippen LogP) is 5.48. The molecule has 9 heteroatoms. The molecule has 1 aliphatic rings. The highest BCUT2D eigenvalue weighted by Gasteiger charge is 2.27. The number of H-pyrrole nitrogens is 1. The fourth-order valence-corrected chi connectivity index (χ4v) is 4.56. The maximum absolute atomic E-state index is 13.8. The molecule has 0 spiro atoms. The van der Waals surface area contributed by atoms with Crippen molar-refractivity contribution in [2.24, 2.45) is 0 Å². The number of para-hydroxylation sites is 3. The minimum atomic E-state index is -0.373. The Morgan fingerprint density at radius 3 is 2.79 bits per heavy atom. The van der Waals surface area contributed by atoms with E-state index in [0.29, 0.717) is 39.6 Å². The summed E-state index contributed by atoms with van der Waals surface area (Å²) in [5.41, 5.74) is 4.13. The molecular weight excluding hydrogens is 482 g/mol. The van der Waals surface area contributed by atoms with Crippen molar-refractivity contribution in [3.8, 4) is 17.4 Å². The van der Waals surface area contributed by atoms with Crippen LogP contribution in [0.4, 0.5) is 11.4 Å². The van der Waals surface area contributed by atoms with Crippen LogP contribution < -0.4 is 19.7 Å². The first-order chi connectivity index (χ1) is 18.5. The highest BCUT2D eigenvalue weighted by Crippen LogP contribution is 2.38. The summed E-state index contributed by atoms with van der Waals surface area (Å²) in [5, 5.41) is 2.91. The number of methoxy groups -OCH3 is 1. The van der Waals surface area contributed by atoms with Crippen molar-refractivity contribution in [2.75, 3.05) is 17.3 Å². The summed E-state index contributed by atoms with van der Waals surface area (Å²) in [7, 11) is 1.47. The standard InChI is InChI=1S/C29H23N5O4/c1-17-31-21-8-5-9-22(26(21)32-17)33-27(35)20-13-12-18(15-25(20)37-2)29(36)34-16-19-7-6-14-30-28(19)38-24-11-4-3-10-23(24)34/h3-15H,16H2,1-2H3,(H,31,32)(H,33,35). The van der Waals surface area contributed by atoms with Gasteiger partial charge in [0.05, 0.1) is 36.1 Å². The van der Waals surface area contributed by atoms with Crippen molar-refractivity contribution < 1.29 is 19.1 Å². The van der Waals surface area contributed by atoms with Crippen LogP contribution in [0.3, 0.4) is 0 Å². The van der Waals surface area contributed by atoms with Crippen molar-refractivity contribution in [2.45, 2.75) is 13.5 Å². The minimum absolute atomic E-state index is 0.264. The SMILES string of the molecule is COc1cc(C(=O)N2Cc3cccnc3Oc3ccccc32)ccc1C(=O)Nc1cccc2[nH]c(C)nc12. The van der Waals surface area contributed by atoms with Crippen molar-refractivity contribution >= 4 is 34.2 Å². The van der Waals surface area contributed by atoms with E-state index in [0.717, 1.165) is 16.9 Å². The third-order valence-corrected chi connectivity index (χ3v) is 6.36. The van der Waals surface area contributed by atoms with E-state index >= 15 is 0 Å². The van der Waals surface area contributed by atoms with Gasteiger partial charge in [-0.1, -0.05) is 24.3 Å². The van der Waals surface area contributed by atoms with E-state index in [-0.39, 0.29) is 24.1 Å². The van der Waals surface area contributed by atoms with E-state index in [1.54, 1.807) is 41.4 Å². The number of nitrogens with one attached hydrogen (secondary N) is 2. The Morgan fingerprint density at radius 1 is 1.05 bits per heavy atom. The number of aromatic amines is 1. The number of amides is 2. The molecule has 2 aromatic heterocycles. The number of carbonyl (C=O) groups is 2. The Bertz CT molecular complexity index is 1710. The predicted molar refractivity (Wildman–Crippen MR) is 143 cm³/mol. The first kappa shape index (κ1) is 23.2. The maximum atomic E-state index is 13.8. The quantitative estimate of drug-likeness (QED) is 0.335. The third-order valence-electron chi connectivity index (χ3n) is 6.36. The van der Waals surface area contributed by atoms with Gasteiger partial charge in [0.1, 0.15) is 17.1 Å². The molecule has 3 aromatic carbocycles. The second kappa shape index (κ2) is 9.36. The van der Waals surface area contributed by atoms with Crippen molar-refractivity contribution in [1.82, 2.24) is 15.0 Å². The molecule has 0 fully saturated rings. The zero-order chi connectivity index (χ0) is 26.2. The van der Waals surface area contributed by atoms with Gasteiger partial charge >= 0.3 is 0 Å². The van der Waals surface area contributed by atoms with Crippen LogP contribution in [0.1, 0.15) is 32.1 Å². The average Bonchev–Trinajstić information content (AvgIpc) is 3.24. The third kappa shape index (κ3) is 4.09. The molecule has 0 saturated carbocycles. The van der Waals surface area contributed by atoms with E-state index in [1.807, 2.05) is 49.4 Å². The van der Waals surface area contributed by atoms with Crippen LogP contribution in [0.25, 0.3) is 11.0 Å². The molecule has 188 valence electrons. The molecule has 2 N–H and O–H groups in total. The van der Waals surface area contributed by atoms with E-state index in [1.165, 1.54) is 7.11 Å². The van der Waals surface area contributed by atoms with Gasteiger partial charge in [-0.15, -0.1) is 0 Å². The first-order valence-corrected chi connectivity index (χ1v) is 12.0. The lowest BCUT2D eigenvalue weighted by Gasteiger charge is -2.22. The number of benzene rings is 3. The second-order valence-electron chi connectivity index (χ2n) is 8.82. The number of nitrogens with zero attached hydrogens (tertiary/aromatic N) is 3. The smallest absolute Gasteiger partial charge is 0.259 e. The first-order valence-electron chi connectivity index (χ1n) is 12.0. The minimum Gasteiger partial charge on any atom is -0.496 e. The number of fused-ring (bicyclic) bond motifs is 3. The summed E-state index contributed by atoms with van der Waals surface area (Å²) in [6, 6.07) is 21.3. The molecular formula is C29H23N5O4. The van der Waals surface area contributed by atoms with Gasteiger partial charge in [0.2, 0.25) is 5.88 Å². The Hall–Kier alpha value is -5.18. The summed E-state index contributed by atoms with van der Waals surface area (Å²) >= 11 is 0. The number of rotatable bonds is 4. The van der Waals surface area contributed by atoms with E-state index < -0.39 is 0 Å². The second-order valence-corrected chi connectivity index (χ2v) is 8.82. The molecule has 0 unspecified atom stereocenters. The van der Waals surface area contributed by atoms with Gasteiger partial charge < -0.3 is 24.7 Å².